The fourth-order valence-corrected chi connectivity index (χ4v) is 4.43. The monoisotopic (exact) mass is 248 g/mol. The quantitative estimate of drug-likeness (QED) is 0.865. The Hall–Kier alpha value is -0.510. The second-order valence-electron chi connectivity index (χ2n) is 5.31. The molecule has 1 aromatic carbocycles. The normalized spacial score (nSPS) is 33.6. The molecule has 3 heteroatoms. The molecule has 2 heterocycles. The fraction of sp³-hybridized carbons (Fsp3) is 0.571. The number of nitrogens with two attached hydrogens (primary N) is 1. The lowest BCUT2D eigenvalue weighted by molar-refractivity contribution is 0.112. The molecule has 0 spiro atoms. The van der Waals surface area contributed by atoms with Crippen LogP contribution >= 0.6 is 11.8 Å². The molecule has 2 bridgehead atoms. The SMILES string of the molecule is NC1C2CSCC1CN(Cc1ccccc1)C2. The number of nitrogens with zero attached hydrogens (tertiary/aromatic N) is 1. The van der Waals surface area contributed by atoms with Gasteiger partial charge in [0.2, 0.25) is 0 Å². The van der Waals surface area contributed by atoms with Gasteiger partial charge in [-0.1, -0.05) is 30.3 Å². The molecule has 17 heavy (non-hydrogen) atoms. The number of rotatable bonds is 2. The predicted octanol–water partition coefficient (Wildman–Crippen LogP) is 1.81. The first kappa shape index (κ1) is 11.6. The molecule has 92 valence electrons. The Bertz CT molecular complexity index is 354. The molecule has 0 saturated carbocycles. The molecular formula is C14H20N2S. The third-order valence-corrected chi connectivity index (χ3v) is 5.31. The van der Waals surface area contributed by atoms with Gasteiger partial charge in [-0.2, -0.15) is 11.8 Å². The molecule has 1 aromatic rings. The number of hydrogen-bond donors (Lipinski definition) is 1. The van der Waals surface area contributed by atoms with E-state index in [4.69, 9.17) is 5.73 Å². The van der Waals surface area contributed by atoms with Crippen molar-refractivity contribution in [1.29, 1.82) is 0 Å². The summed E-state index contributed by atoms with van der Waals surface area (Å²) in [7, 11) is 0. The first-order valence-electron chi connectivity index (χ1n) is 6.42. The van der Waals surface area contributed by atoms with Crippen molar-refractivity contribution in [1.82, 2.24) is 4.90 Å². The first-order chi connectivity index (χ1) is 8.33. The lowest BCUT2D eigenvalue weighted by Gasteiger charge is -2.45. The molecule has 2 atom stereocenters. The first-order valence-corrected chi connectivity index (χ1v) is 7.58. The van der Waals surface area contributed by atoms with E-state index in [0.717, 1.165) is 6.54 Å². The van der Waals surface area contributed by atoms with Crippen molar-refractivity contribution in [3.8, 4) is 0 Å². The van der Waals surface area contributed by atoms with Gasteiger partial charge in [-0.15, -0.1) is 0 Å². The van der Waals surface area contributed by atoms with Gasteiger partial charge < -0.3 is 5.73 Å². The van der Waals surface area contributed by atoms with Crippen LogP contribution in [0, 0.1) is 11.8 Å². The zero-order chi connectivity index (χ0) is 11.7. The van der Waals surface area contributed by atoms with E-state index in [1.165, 1.54) is 30.2 Å². The Morgan fingerprint density at radius 1 is 1.12 bits per heavy atom. The van der Waals surface area contributed by atoms with Crippen LogP contribution in [0.2, 0.25) is 0 Å². The summed E-state index contributed by atoms with van der Waals surface area (Å²) in [5.41, 5.74) is 7.72. The summed E-state index contributed by atoms with van der Waals surface area (Å²) in [5.74, 6) is 3.92. The molecule has 0 amide bonds. The molecule has 2 saturated heterocycles. The van der Waals surface area contributed by atoms with Crippen LogP contribution in [0.3, 0.4) is 0 Å². The highest BCUT2D eigenvalue weighted by Gasteiger charge is 2.37. The van der Waals surface area contributed by atoms with Crippen molar-refractivity contribution in [2.24, 2.45) is 17.6 Å². The fourth-order valence-electron chi connectivity index (χ4n) is 3.04. The summed E-state index contributed by atoms with van der Waals surface area (Å²) in [6.45, 7) is 3.45. The van der Waals surface area contributed by atoms with Crippen LogP contribution in [-0.2, 0) is 6.54 Å². The smallest absolute Gasteiger partial charge is 0.0234 e. The van der Waals surface area contributed by atoms with Gasteiger partial charge in [0.15, 0.2) is 0 Å². The molecule has 0 aromatic heterocycles. The molecule has 2 fully saturated rings. The van der Waals surface area contributed by atoms with Gasteiger partial charge in [0.25, 0.3) is 0 Å². The van der Waals surface area contributed by atoms with Crippen LogP contribution in [0.25, 0.3) is 0 Å². The van der Waals surface area contributed by atoms with Gasteiger partial charge in [0, 0.05) is 25.7 Å². The maximum absolute atomic E-state index is 6.30. The molecule has 2 aliphatic rings. The van der Waals surface area contributed by atoms with Crippen molar-refractivity contribution >= 4 is 11.8 Å². The maximum Gasteiger partial charge on any atom is 0.0234 e. The lowest BCUT2D eigenvalue weighted by Crippen LogP contribution is -2.56. The van der Waals surface area contributed by atoms with Crippen molar-refractivity contribution in [2.45, 2.75) is 12.6 Å². The zero-order valence-corrected chi connectivity index (χ0v) is 10.9. The van der Waals surface area contributed by atoms with Crippen LogP contribution in [0.4, 0.5) is 0 Å². The Morgan fingerprint density at radius 2 is 1.76 bits per heavy atom. The second-order valence-corrected chi connectivity index (χ2v) is 6.39. The summed E-state index contributed by atoms with van der Waals surface area (Å²) < 4.78 is 0. The summed E-state index contributed by atoms with van der Waals surface area (Å²) in [4.78, 5) is 2.59. The van der Waals surface area contributed by atoms with Crippen LogP contribution in [-0.4, -0.2) is 35.5 Å². The molecule has 2 aliphatic heterocycles. The standard InChI is InChI=1S/C14H20N2S/c15-14-12-7-16(8-13(14)10-17-9-12)6-11-4-2-1-3-5-11/h1-5,12-14H,6-10,15H2. The third-order valence-electron chi connectivity index (χ3n) is 3.99. The van der Waals surface area contributed by atoms with Gasteiger partial charge >= 0.3 is 0 Å². The zero-order valence-electron chi connectivity index (χ0n) is 10.1. The Balaban J connectivity index is 1.66. The van der Waals surface area contributed by atoms with Crippen molar-refractivity contribution in [3.63, 3.8) is 0 Å². The highest BCUT2D eigenvalue weighted by molar-refractivity contribution is 7.99. The minimum atomic E-state index is 0.447. The average Bonchev–Trinajstić information content (AvgIpc) is 2.32. The summed E-state index contributed by atoms with van der Waals surface area (Å²) in [5, 5.41) is 0. The number of hydrogen-bond acceptors (Lipinski definition) is 3. The van der Waals surface area contributed by atoms with Gasteiger partial charge in [-0.3, -0.25) is 4.90 Å². The highest BCUT2D eigenvalue weighted by atomic mass is 32.2. The van der Waals surface area contributed by atoms with Crippen LogP contribution in [0.15, 0.2) is 30.3 Å². The molecule has 0 aliphatic carbocycles. The van der Waals surface area contributed by atoms with E-state index in [2.05, 4.69) is 47.0 Å². The lowest BCUT2D eigenvalue weighted by atomic mass is 9.85. The van der Waals surface area contributed by atoms with Crippen molar-refractivity contribution in [3.05, 3.63) is 35.9 Å². The summed E-state index contributed by atoms with van der Waals surface area (Å²) in [6.07, 6.45) is 0. The van der Waals surface area contributed by atoms with Crippen molar-refractivity contribution < 1.29 is 0 Å². The van der Waals surface area contributed by atoms with Gasteiger partial charge in [0.1, 0.15) is 0 Å². The number of thioether (sulfide) groups is 1. The van der Waals surface area contributed by atoms with Gasteiger partial charge in [-0.05, 0) is 28.9 Å². The van der Waals surface area contributed by atoms with E-state index in [9.17, 15) is 0 Å². The number of fused-ring (bicyclic) bond motifs is 2. The predicted molar refractivity (Wildman–Crippen MR) is 74.0 cm³/mol. The highest BCUT2D eigenvalue weighted by Crippen LogP contribution is 2.32. The minimum absolute atomic E-state index is 0.447. The molecule has 0 radical (unpaired) electrons. The maximum atomic E-state index is 6.30. The number of benzene rings is 1. The van der Waals surface area contributed by atoms with Crippen LogP contribution < -0.4 is 5.73 Å². The molecule has 3 rings (SSSR count). The van der Waals surface area contributed by atoms with Gasteiger partial charge in [0.05, 0.1) is 0 Å². The molecule has 2 nitrogen and oxygen atoms in total. The Kier molecular flexibility index (Phi) is 3.41. The summed E-state index contributed by atoms with van der Waals surface area (Å²) >= 11 is 2.09. The van der Waals surface area contributed by atoms with E-state index in [-0.39, 0.29) is 0 Å². The second kappa shape index (κ2) is 5.01. The van der Waals surface area contributed by atoms with E-state index in [1.54, 1.807) is 0 Å². The van der Waals surface area contributed by atoms with Crippen LogP contribution in [0.5, 0.6) is 0 Å². The van der Waals surface area contributed by atoms with E-state index >= 15 is 0 Å². The third kappa shape index (κ3) is 2.51. The number of likely N-dealkylation sites (tertiary alicyclic amines) is 1. The number of piperidine rings is 1. The topological polar surface area (TPSA) is 29.3 Å². The minimum Gasteiger partial charge on any atom is -0.327 e. The van der Waals surface area contributed by atoms with Crippen molar-refractivity contribution in [2.75, 3.05) is 24.6 Å². The molecular weight excluding hydrogens is 228 g/mol. The van der Waals surface area contributed by atoms with E-state index in [1.807, 2.05) is 0 Å². The average molecular weight is 248 g/mol. The van der Waals surface area contributed by atoms with Crippen LogP contribution in [0.1, 0.15) is 5.56 Å². The largest absolute Gasteiger partial charge is 0.327 e. The summed E-state index contributed by atoms with van der Waals surface area (Å²) in [6, 6.07) is 11.2. The van der Waals surface area contributed by atoms with Gasteiger partial charge in [-0.25, -0.2) is 0 Å². The Morgan fingerprint density at radius 3 is 2.41 bits per heavy atom. The molecule has 2 unspecified atom stereocenters. The van der Waals surface area contributed by atoms with E-state index in [0.29, 0.717) is 17.9 Å². The Labute approximate surface area is 108 Å². The molecule has 2 N–H and O–H groups in total. The van der Waals surface area contributed by atoms with E-state index < -0.39 is 0 Å².